The van der Waals surface area contributed by atoms with Crippen molar-refractivity contribution in [2.45, 2.75) is 0 Å². The van der Waals surface area contributed by atoms with Crippen LogP contribution >= 0.6 is 0 Å². The average Bonchev–Trinajstić information content (AvgIpc) is 2.90. The molecule has 0 amide bonds. The van der Waals surface area contributed by atoms with Gasteiger partial charge in [-0.2, -0.15) is 0 Å². The molecule has 3 aromatic rings. The van der Waals surface area contributed by atoms with Gasteiger partial charge in [0.1, 0.15) is 17.1 Å². The second-order valence-corrected chi connectivity index (χ2v) is 4.39. The fourth-order valence-electron chi connectivity index (χ4n) is 2.17. The van der Waals surface area contributed by atoms with E-state index in [0.717, 1.165) is 22.7 Å². The summed E-state index contributed by atoms with van der Waals surface area (Å²) in [4.78, 5) is 4.39. The van der Waals surface area contributed by atoms with Crippen molar-refractivity contribution in [2.24, 2.45) is 0 Å². The van der Waals surface area contributed by atoms with Gasteiger partial charge in [0.05, 0.1) is 31.8 Å². The molecule has 0 spiro atoms. The molecule has 0 fully saturated rings. The molecule has 5 heteroatoms. The van der Waals surface area contributed by atoms with Gasteiger partial charge in [-0.05, 0) is 18.2 Å². The second kappa shape index (κ2) is 4.77. The van der Waals surface area contributed by atoms with Gasteiger partial charge in [0, 0.05) is 17.8 Å². The SMILES string of the molecule is COc1ccn2c(-c3ccc(N)c(OC)c3)cnc2c1. The molecule has 0 aliphatic rings. The maximum absolute atomic E-state index is 5.84. The van der Waals surface area contributed by atoms with E-state index in [2.05, 4.69) is 4.98 Å². The second-order valence-electron chi connectivity index (χ2n) is 4.39. The molecule has 3 rings (SSSR count). The summed E-state index contributed by atoms with van der Waals surface area (Å²) in [6.45, 7) is 0. The number of anilines is 1. The molecular formula is C15H15N3O2. The number of benzene rings is 1. The molecule has 2 aromatic heterocycles. The molecule has 0 saturated carbocycles. The number of nitrogens with two attached hydrogens (primary N) is 1. The topological polar surface area (TPSA) is 61.8 Å². The molecule has 2 N–H and O–H groups in total. The molecule has 0 atom stereocenters. The van der Waals surface area contributed by atoms with Crippen molar-refractivity contribution in [3.05, 3.63) is 42.7 Å². The van der Waals surface area contributed by atoms with E-state index in [1.54, 1.807) is 14.2 Å². The van der Waals surface area contributed by atoms with Crippen molar-refractivity contribution < 1.29 is 9.47 Å². The third-order valence-electron chi connectivity index (χ3n) is 3.25. The number of aromatic nitrogens is 2. The van der Waals surface area contributed by atoms with Gasteiger partial charge in [0.25, 0.3) is 0 Å². The Kier molecular flexibility index (Phi) is 2.95. The summed E-state index contributed by atoms with van der Waals surface area (Å²) in [5.74, 6) is 1.44. The van der Waals surface area contributed by atoms with Crippen LogP contribution in [0.3, 0.4) is 0 Å². The van der Waals surface area contributed by atoms with Crippen LogP contribution in [0.15, 0.2) is 42.7 Å². The Labute approximate surface area is 116 Å². The van der Waals surface area contributed by atoms with Gasteiger partial charge in [0.2, 0.25) is 0 Å². The summed E-state index contributed by atoms with van der Waals surface area (Å²) < 4.78 is 12.5. The van der Waals surface area contributed by atoms with Gasteiger partial charge in [-0.3, -0.25) is 4.40 Å². The van der Waals surface area contributed by atoms with Crippen LogP contribution in [-0.4, -0.2) is 23.6 Å². The third kappa shape index (κ3) is 1.93. The van der Waals surface area contributed by atoms with Crippen LogP contribution < -0.4 is 15.2 Å². The molecule has 0 radical (unpaired) electrons. The van der Waals surface area contributed by atoms with Crippen LogP contribution in [0.25, 0.3) is 16.9 Å². The molecule has 102 valence electrons. The fourth-order valence-corrected chi connectivity index (χ4v) is 2.17. The van der Waals surface area contributed by atoms with E-state index in [0.29, 0.717) is 11.4 Å². The van der Waals surface area contributed by atoms with Crippen LogP contribution in [0.5, 0.6) is 11.5 Å². The lowest BCUT2D eigenvalue weighted by Crippen LogP contribution is -1.94. The Balaban J connectivity index is 2.14. The summed E-state index contributed by atoms with van der Waals surface area (Å²) in [7, 11) is 3.25. The fraction of sp³-hybridized carbons (Fsp3) is 0.133. The number of fused-ring (bicyclic) bond motifs is 1. The van der Waals surface area contributed by atoms with Crippen molar-refractivity contribution in [3.8, 4) is 22.8 Å². The number of nitrogens with zero attached hydrogens (tertiary/aromatic N) is 2. The molecule has 20 heavy (non-hydrogen) atoms. The van der Waals surface area contributed by atoms with Crippen LogP contribution in [0.1, 0.15) is 0 Å². The summed E-state index contributed by atoms with van der Waals surface area (Å²) in [5.41, 5.74) is 9.25. The predicted molar refractivity (Wildman–Crippen MR) is 78.1 cm³/mol. The first-order valence-electron chi connectivity index (χ1n) is 6.18. The van der Waals surface area contributed by atoms with Crippen molar-refractivity contribution in [1.82, 2.24) is 9.38 Å². The Bertz CT molecular complexity index is 765. The van der Waals surface area contributed by atoms with Crippen molar-refractivity contribution >= 4 is 11.3 Å². The van der Waals surface area contributed by atoms with Gasteiger partial charge < -0.3 is 15.2 Å². The molecular weight excluding hydrogens is 254 g/mol. The normalized spacial score (nSPS) is 10.7. The van der Waals surface area contributed by atoms with Gasteiger partial charge >= 0.3 is 0 Å². The van der Waals surface area contributed by atoms with Gasteiger partial charge in [0.15, 0.2) is 0 Å². The minimum absolute atomic E-state index is 0.617. The standard InChI is InChI=1S/C15H15N3O2/c1-19-11-5-6-18-13(9-17-15(18)8-11)10-3-4-12(16)14(7-10)20-2/h3-9H,16H2,1-2H3. The summed E-state index contributed by atoms with van der Waals surface area (Å²) in [5, 5.41) is 0. The van der Waals surface area contributed by atoms with Crippen LogP contribution in [-0.2, 0) is 0 Å². The zero-order chi connectivity index (χ0) is 14.1. The van der Waals surface area contributed by atoms with Crippen molar-refractivity contribution in [3.63, 3.8) is 0 Å². The Morgan fingerprint density at radius 1 is 1.10 bits per heavy atom. The summed E-state index contributed by atoms with van der Waals surface area (Å²) in [6.07, 6.45) is 3.75. The summed E-state index contributed by atoms with van der Waals surface area (Å²) in [6, 6.07) is 9.47. The third-order valence-corrected chi connectivity index (χ3v) is 3.25. The molecule has 0 aliphatic heterocycles. The lowest BCUT2D eigenvalue weighted by molar-refractivity contribution is 0.414. The van der Waals surface area contributed by atoms with Crippen LogP contribution in [0.2, 0.25) is 0 Å². The molecule has 2 heterocycles. The molecule has 5 nitrogen and oxygen atoms in total. The molecule has 0 unspecified atom stereocenters. The maximum atomic E-state index is 5.84. The Hall–Kier alpha value is -2.69. The van der Waals surface area contributed by atoms with E-state index in [-0.39, 0.29) is 0 Å². The average molecular weight is 269 g/mol. The van der Waals surface area contributed by atoms with E-state index in [4.69, 9.17) is 15.2 Å². The van der Waals surface area contributed by atoms with E-state index < -0.39 is 0 Å². The number of methoxy groups -OCH3 is 2. The molecule has 0 aliphatic carbocycles. The number of pyridine rings is 1. The lowest BCUT2D eigenvalue weighted by Gasteiger charge is -2.08. The zero-order valence-electron chi connectivity index (χ0n) is 11.3. The highest BCUT2D eigenvalue weighted by atomic mass is 16.5. The quantitative estimate of drug-likeness (QED) is 0.742. The van der Waals surface area contributed by atoms with E-state index in [9.17, 15) is 0 Å². The zero-order valence-corrected chi connectivity index (χ0v) is 11.3. The smallest absolute Gasteiger partial charge is 0.142 e. The molecule has 1 aromatic carbocycles. The Morgan fingerprint density at radius 3 is 2.70 bits per heavy atom. The Morgan fingerprint density at radius 2 is 1.95 bits per heavy atom. The van der Waals surface area contributed by atoms with E-state index in [1.807, 2.05) is 47.1 Å². The highest BCUT2D eigenvalue weighted by Crippen LogP contribution is 2.29. The number of hydrogen-bond acceptors (Lipinski definition) is 4. The molecule has 0 saturated heterocycles. The van der Waals surface area contributed by atoms with Gasteiger partial charge in [-0.25, -0.2) is 4.98 Å². The number of imidazole rings is 1. The minimum Gasteiger partial charge on any atom is -0.497 e. The van der Waals surface area contributed by atoms with Gasteiger partial charge in [-0.15, -0.1) is 0 Å². The maximum Gasteiger partial charge on any atom is 0.142 e. The predicted octanol–water partition coefficient (Wildman–Crippen LogP) is 2.60. The first kappa shape index (κ1) is 12.3. The van der Waals surface area contributed by atoms with Crippen molar-refractivity contribution in [2.75, 3.05) is 20.0 Å². The van der Waals surface area contributed by atoms with Crippen LogP contribution in [0.4, 0.5) is 5.69 Å². The molecule has 0 bridgehead atoms. The highest BCUT2D eigenvalue weighted by molar-refractivity contribution is 5.70. The monoisotopic (exact) mass is 269 g/mol. The number of nitrogen functional groups attached to an aromatic ring is 1. The van der Waals surface area contributed by atoms with Gasteiger partial charge in [-0.1, -0.05) is 6.07 Å². The first-order valence-corrected chi connectivity index (χ1v) is 6.18. The van der Waals surface area contributed by atoms with E-state index >= 15 is 0 Å². The van der Waals surface area contributed by atoms with Crippen LogP contribution in [0, 0.1) is 0 Å². The summed E-state index contributed by atoms with van der Waals surface area (Å²) >= 11 is 0. The largest absolute Gasteiger partial charge is 0.497 e. The first-order chi connectivity index (χ1) is 9.72. The van der Waals surface area contributed by atoms with E-state index in [1.165, 1.54) is 0 Å². The van der Waals surface area contributed by atoms with Crippen molar-refractivity contribution in [1.29, 1.82) is 0 Å². The lowest BCUT2D eigenvalue weighted by atomic mass is 10.1. The number of rotatable bonds is 3. The number of ether oxygens (including phenoxy) is 2. The number of hydrogen-bond donors (Lipinski definition) is 1. The minimum atomic E-state index is 0.617. The highest BCUT2D eigenvalue weighted by Gasteiger charge is 2.09.